The molecule has 1 heterocycles. The lowest BCUT2D eigenvalue weighted by Crippen LogP contribution is -2.53. The molecule has 2 rings (SSSR count). The summed E-state index contributed by atoms with van der Waals surface area (Å²) in [4.78, 5) is 4.88. The van der Waals surface area contributed by atoms with Gasteiger partial charge in [-0.15, -0.1) is 0 Å². The molecule has 0 radical (unpaired) electrons. The van der Waals surface area contributed by atoms with Gasteiger partial charge in [-0.1, -0.05) is 13.0 Å². The smallest absolute Gasteiger partial charge is 0.123 e. The second kappa shape index (κ2) is 6.66. The molecule has 1 aromatic carbocycles. The van der Waals surface area contributed by atoms with Gasteiger partial charge in [-0.2, -0.15) is 0 Å². The fourth-order valence-corrected chi connectivity index (χ4v) is 3.22. The Balaban J connectivity index is 2.18. The summed E-state index contributed by atoms with van der Waals surface area (Å²) in [7, 11) is 0. The molecule has 1 aliphatic heterocycles. The van der Waals surface area contributed by atoms with Crippen molar-refractivity contribution >= 4 is 0 Å². The van der Waals surface area contributed by atoms with Gasteiger partial charge in [0.15, 0.2) is 0 Å². The Morgan fingerprint density at radius 2 is 2.15 bits per heavy atom. The van der Waals surface area contributed by atoms with Gasteiger partial charge in [0.2, 0.25) is 0 Å². The third kappa shape index (κ3) is 3.19. The average molecular weight is 279 g/mol. The van der Waals surface area contributed by atoms with Crippen LogP contribution in [0.4, 0.5) is 4.39 Å². The molecule has 0 aliphatic carbocycles. The first-order chi connectivity index (χ1) is 9.56. The maximum absolute atomic E-state index is 13.5. The summed E-state index contributed by atoms with van der Waals surface area (Å²) in [5.74, 6) is -0.177. The second-order valence-corrected chi connectivity index (χ2v) is 5.72. The van der Waals surface area contributed by atoms with Crippen LogP contribution < -0.4 is 5.73 Å². The Kier molecular flexibility index (Phi) is 5.13. The molecule has 0 saturated carbocycles. The zero-order valence-electron chi connectivity index (χ0n) is 12.8. The minimum Gasteiger partial charge on any atom is -0.329 e. The molecule has 1 fully saturated rings. The normalized spacial score (nSPS) is 22.9. The molecule has 112 valence electrons. The number of nitrogens with zero attached hydrogens (tertiary/aromatic N) is 2. The van der Waals surface area contributed by atoms with Crippen LogP contribution in [0.5, 0.6) is 0 Å². The molecule has 20 heavy (non-hydrogen) atoms. The Morgan fingerprint density at radius 1 is 1.40 bits per heavy atom. The Hall–Kier alpha value is -0.970. The number of piperazine rings is 1. The Labute approximate surface area is 121 Å². The van der Waals surface area contributed by atoms with Crippen molar-refractivity contribution in [2.75, 3.05) is 32.7 Å². The van der Waals surface area contributed by atoms with Gasteiger partial charge < -0.3 is 5.73 Å². The molecule has 3 nitrogen and oxygen atoms in total. The van der Waals surface area contributed by atoms with Crippen LogP contribution in [0.1, 0.15) is 31.0 Å². The van der Waals surface area contributed by atoms with Crippen LogP contribution in [0.3, 0.4) is 0 Å². The first-order valence-electron chi connectivity index (χ1n) is 7.51. The third-order valence-corrected chi connectivity index (χ3v) is 4.47. The molecule has 0 amide bonds. The van der Waals surface area contributed by atoms with E-state index in [0.29, 0.717) is 12.6 Å². The zero-order chi connectivity index (χ0) is 14.7. The highest BCUT2D eigenvalue weighted by Crippen LogP contribution is 2.26. The number of hydrogen-bond donors (Lipinski definition) is 1. The summed E-state index contributed by atoms with van der Waals surface area (Å²) < 4.78 is 13.5. The molecular weight excluding hydrogens is 253 g/mol. The van der Waals surface area contributed by atoms with Crippen molar-refractivity contribution < 1.29 is 4.39 Å². The van der Waals surface area contributed by atoms with E-state index >= 15 is 0 Å². The number of likely N-dealkylation sites (N-methyl/N-ethyl adjacent to an activating group) is 1. The van der Waals surface area contributed by atoms with Crippen LogP contribution in [0, 0.1) is 12.7 Å². The highest BCUT2D eigenvalue weighted by Gasteiger charge is 2.28. The number of hydrogen-bond acceptors (Lipinski definition) is 3. The summed E-state index contributed by atoms with van der Waals surface area (Å²) in [5.41, 5.74) is 8.14. The molecule has 1 saturated heterocycles. The molecule has 0 aromatic heterocycles. The molecule has 2 unspecified atom stereocenters. The van der Waals surface area contributed by atoms with Gasteiger partial charge in [0.05, 0.1) is 0 Å². The number of rotatable bonds is 4. The van der Waals surface area contributed by atoms with Gasteiger partial charge in [0.25, 0.3) is 0 Å². The van der Waals surface area contributed by atoms with Crippen LogP contribution >= 0.6 is 0 Å². The fourth-order valence-electron chi connectivity index (χ4n) is 3.22. The van der Waals surface area contributed by atoms with E-state index in [1.165, 1.54) is 6.07 Å². The molecule has 0 bridgehead atoms. The van der Waals surface area contributed by atoms with E-state index in [0.717, 1.165) is 37.3 Å². The topological polar surface area (TPSA) is 32.5 Å². The summed E-state index contributed by atoms with van der Waals surface area (Å²) >= 11 is 0. The van der Waals surface area contributed by atoms with Gasteiger partial charge in [0, 0.05) is 38.3 Å². The zero-order valence-corrected chi connectivity index (χ0v) is 12.8. The van der Waals surface area contributed by atoms with Gasteiger partial charge >= 0.3 is 0 Å². The minimum atomic E-state index is -0.177. The van der Waals surface area contributed by atoms with E-state index in [2.05, 4.69) is 23.6 Å². The molecule has 1 aliphatic rings. The fraction of sp³-hybridized carbons (Fsp3) is 0.625. The summed E-state index contributed by atoms with van der Waals surface area (Å²) in [5, 5.41) is 0. The van der Waals surface area contributed by atoms with Gasteiger partial charge in [-0.05, 0) is 43.7 Å². The lowest BCUT2D eigenvalue weighted by atomic mass is 9.98. The first kappa shape index (κ1) is 15.4. The lowest BCUT2D eigenvalue weighted by Gasteiger charge is -2.43. The van der Waals surface area contributed by atoms with Crippen molar-refractivity contribution in [1.29, 1.82) is 0 Å². The SMILES string of the molecule is CCN1CCN(C(CN)c2cc(F)ccc2C)CC1C. The van der Waals surface area contributed by atoms with Crippen molar-refractivity contribution in [2.45, 2.75) is 32.9 Å². The summed E-state index contributed by atoms with van der Waals surface area (Å²) in [6.07, 6.45) is 0. The number of halogens is 1. The highest BCUT2D eigenvalue weighted by atomic mass is 19.1. The molecular formula is C16H26FN3. The van der Waals surface area contributed by atoms with Crippen molar-refractivity contribution in [3.8, 4) is 0 Å². The number of benzene rings is 1. The van der Waals surface area contributed by atoms with E-state index in [1.54, 1.807) is 6.07 Å². The Morgan fingerprint density at radius 3 is 2.75 bits per heavy atom. The maximum atomic E-state index is 13.5. The summed E-state index contributed by atoms with van der Waals surface area (Å²) in [6.45, 7) is 11.1. The average Bonchev–Trinajstić information content (AvgIpc) is 2.44. The van der Waals surface area contributed by atoms with Crippen LogP contribution in [0.25, 0.3) is 0 Å². The monoisotopic (exact) mass is 279 g/mol. The van der Waals surface area contributed by atoms with Gasteiger partial charge in [-0.3, -0.25) is 9.80 Å². The molecule has 1 aromatic rings. The second-order valence-electron chi connectivity index (χ2n) is 5.72. The van der Waals surface area contributed by atoms with Crippen molar-refractivity contribution in [2.24, 2.45) is 5.73 Å². The predicted octanol–water partition coefficient (Wildman–Crippen LogP) is 2.16. The van der Waals surface area contributed by atoms with E-state index in [9.17, 15) is 4.39 Å². The quantitative estimate of drug-likeness (QED) is 0.917. The first-order valence-corrected chi connectivity index (χ1v) is 7.51. The van der Waals surface area contributed by atoms with E-state index in [-0.39, 0.29) is 11.9 Å². The highest BCUT2D eigenvalue weighted by molar-refractivity contribution is 5.30. The van der Waals surface area contributed by atoms with E-state index in [1.807, 2.05) is 13.0 Å². The van der Waals surface area contributed by atoms with E-state index in [4.69, 9.17) is 5.73 Å². The molecule has 2 N–H and O–H groups in total. The van der Waals surface area contributed by atoms with Crippen molar-refractivity contribution in [3.63, 3.8) is 0 Å². The molecule has 2 atom stereocenters. The predicted molar refractivity (Wildman–Crippen MR) is 81.2 cm³/mol. The molecule has 4 heteroatoms. The van der Waals surface area contributed by atoms with Gasteiger partial charge in [0.1, 0.15) is 5.82 Å². The van der Waals surface area contributed by atoms with Crippen LogP contribution in [0.15, 0.2) is 18.2 Å². The van der Waals surface area contributed by atoms with Crippen molar-refractivity contribution in [3.05, 3.63) is 35.1 Å². The standard InChI is InChI=1S/C16H26FN3/c1-4-19-7-8-20(11-13(19)3)16(10-18)15-9-14(17)6-5-12(15)2/h5-6,9,13,16H,4,7-8,10-11,18H2,1-3H3. The third-order valence-electron chi connectivity index (χ3n) is 4.47. The molecule has 0 spiro atoms. The largest absolute Gasteiger partial charge is 0.329 e. The maximum Gasteiger partial charge on any atom is 0.123 e. The van der Waals surface area contributed by atoms with Crippen LogP contribution in [0.2, 0.25) is 0 Å². The van der Waals surface area contributed by atoms with Crippen molar-refractivity contribution in [1.82, 2.24) is 9.80 Å². The minimum absolute atomic E-state index is 0.118. The van der Waals surface area contributed by atoms with Crippen LogP contribution in [-0.4, -0.2) is 48.6 Å². The lowest BCUT2D eigenvalue weighted by molar-refractivity contribution is 0.0604. The van der Waals surface area contributed by atoms with Gasteiger partial charge in [-0.25, -0.2) is 4.39 Å². The Bertz CT molecular complexity index is 449. The number of nitrogens with two attached hydrogens (primary N) is 1. The summed E-state index contributed by atoms with van der Waals surface area (Å²) in [6, 6.07) is 5.65. The van der Waals surface area contributed by atoms with Crippen LogP contribution in [-0.2, 0) is 0 Å². The number of aryl methyl sites for hydroxylation is 1. The van der Waals surface area contributed by atoms with E-state index < -0.39 is 0 Å².